The van der Waals surface area contributed by atoms with Crippen LogP contribution in [0.4, 0.5) is 0 Å². The normalized spacial score (nSPS) is 11.6. The molecule has 0 N–H and O–H groups in total. The highest BCUT2D eigenvalue weighted by Gasteiger charge is 2.15. The molecular formula is C23H20N2O5S. The first-order chi connectivity index (χ1) is 15.0. The van der Waals surface area contributed by atoms with E-state index >= 15 is 0 Å². The number of aromatic nitrogens is 1. The monoisotopic (exact) mass is 436 g/mol. The molecule has 0 aliphatic rings. The Labute approximate surface area is 182 Å². The molecule has 0 aliphatic heterocycles. The van der Waals surface area contributed by atoms with E-state index in [2.05, 4.69) is 4.99 Å². The van der Waals surface area contributed by atoms with E-state index in [0.717, 1.165) is 21.0 Å². The number of ether oxygens (including phenoxy) is 3. The Morgan fingerprint density at radius 1 is 0.968 bits per heavy atom. The van der Waals surface area contributed by atoms with Gasteiger partial charge in [0.2, 0.25) is 0 Å². The van der Waals surface area contributed by atoms with Crippen molar-refractivity contribution in [3.8, 4) is 11.5 Å². The summed E-state index contributed by atoms with van der Waals surface area (Å²) in [6, 6.07) is 16.7. The summed E-state index contributed by atoms with van der Waals surface area (Å²) in [5, 5.41) is 2.10. The van der Waals surface area contributed by atoms with E-state index in [-0.39, 0.29) is 6.54 Å². The third kappa shape index (κ3) is 3.89. The topological polar surface area (TPSA) is 79.1 Å². The maximum Gasteiger partial charge on any atom is 0.325 e. The fourth-order valence-corrected chi connectivity index (χ4v) is 4.51. The second kappa shape index (κ2) is 8.61. The average molecular weight is 436 g/mol. The summed E-state index contributed by atoms with van der Waals surface area (Å²) in [7, 11) is 4.37. The van der Waals surface area contributed by atoms with Crippen LogP contribution in [0.15, 0.2) is 59.6 Å². The number of fused-ring (bicyclic) bond motifs is 3. The lowest BCUT2D eigenvalue weighted by atomic mass is 10.1. The second-order valence-electron chi connectivity index (χ2n) is 6.67. The smallest absolute Gasteiger partial charge is 0.325 e. The molecule has 4 rings (SSSR count). The first-order valence-electron chi connectivity index (χ1n) is 9.44. The Bertz CT molecular complexity index is 1370. The molecule has 1 amide bonds. The molecule has 0 unspecified atom stereocenters. The minimum absolute atomic E-state index is 0.0487. The van der Waals surface area contributed by atoms with Crippen LogP contribution in [-0.4, -0.2) is 37.8 Å². The SMILES string of the molecule is COC(=O)Cn1c(=NC(=O)c2ccc(OC)c(OC)c2)sc2c3ccccc3ccc21. The number of hydrogen-bond acceptors (Lipinski definition) is 6. The first-order valence-corrected chi connectivity index (χ1v) is 10.3. The van der Waals surface area contributed by atoms with Crippen LogP contribution in [0.25, 0.3) is 21.0 Å². The van der Waals surface area contributed by atoms with Crippen molar-refractivity contribution < 1.29 is 23.8 Å². The highest BCUT2D eigenvalue weighted by Crippen LogP contribution is 2.29. The molecule has 31 heavy (non-hydrogen) atoms. The Morgan fingerprint density at radius 2 is 1.74 bits per heavy atom. The van der Waals surface area contributed by atoms with E-state index in [1.54, 1.807) is 22.8 Å². The third-order valence-corrected chi connectivity index (χ3v) is 6.04. The molecule has 4 aromatic rings. The third-order valence-electron chi connectivity index (χ3n) is 4.92. The van der Waals surface area contributed by atoms with Gasteiger partial charge in [-0.25, -0.2) is 0 Å². The lowest BCUT2D eigenvalue weighted by Crippen LogP contribution is -2.22. The molecule has 8 heteroatoms. The van der Waals surface area contributed by atoms with Gasteiger partial charge < -0.3 is 18.8 Å². The highest BCUT2D eigenvalue weighted by atomic mass is 32.1. The van der Waals surface area contributed by atoms with Crippen LogP contribution in [0, 0.1) is 0 Å². The molecule has 7 nitrogen and oxygen atoms in total. The number of methoxy groups -OCH3 is 3. The maximum absolute atomic E-state index is 12.9. The number of benzene rings is 3. The molecule has 0 bridgehead atoms. The van der Waals surface area contributed by atoms with Gasteiger partial charge in [-0.2, -0.15) is 4.99 Å². The van der Waals surface area contributed by atoms with Crippen molar-refractivity contribution in [2.75, 3.05) is 21.3 Å². The van der Waals surface area contributed by atoms with Gasteiger partial charge in [-0.3, -0.25) is 9.59 Å². The molecule has 0 saturated heterocycles. The van der Waals surface area contributed by atoms with Gasteiger partial charge in [0.25, 0.3) is 5.91 Å². The number of hydrogen-bond donors (Lipinski definition) is 0. The van der Waals surface area contributed by atoms with Crippen LogP contribution < -0.4 is 14.3 Å². The van der Waals surface area contributed by atoms with Crippen molar-refractivity contribution >= 4 is 44.2 Å². The van der Waals surface area contributed by atoms with E-state index in [9.17, 15) is 9.59 Å². The number of carbonyl (C=O) groups is 2. The van der Waals surface area contributed by atoms with E-state index in [1.165, 1.54) is 32.7 Å². The minimum atomic E-state index is -0.449. The van der Waals surface area contributed by atoms with Gasteiger partial charge in [0.1, 0.15) is 6.54 Å². The number of thiazole rings is 1. The van der Waals surface area contributed by atoms with Crippen LogP contribution >= 0.6 is 11.3 Å². The predicted molar refractivity (Wildman–Crippen MR) is 119 cm³/mol. The summed E-state index contributed by atoms with van der Waals surface area (Å²) in [6.07, 6.45) is 0. The molecule has 1 aromatic heterocycles. The lowest BCUT2D eigenvalue weighted by Gasteiger charge is -2.08. The number of amides is 1. The minimum Gasteiger partial charge on any atom is -0.493 e. The molecular weight excluding hydrogens is 416 g/mol. The van der Waals surface area contributed by atoms with Crippen LogP contribution in [0.3, 0.4) is 0 Å². The second-order valence-corrected chi connectivity index (χ2v) is 7.65. The number of esters is 1. The number of carbonyl (C=O) groups excluding carboxylic acids is 2. The van der Waals surface area contributed by atoms with Gasteiger partial charge >= 0.3 is 5.97 Å². The van der Waals surface area contributed by atoms with Gasteiger partial charge in [-0.1, -0.05) is 41.7 Å². The summed E-state index contributed by atoms with van der Waals surface area (Å²) < 4.78 is 18.0. The van der Waals surface area contributed by atoms with Crippen molar-refractivity contribution in [2.24, 2.45) is 4.99 Å². The molecule has 0 spiro atoms. The van der Waals surface area contributed by atoms with Crippen molar-refractivity contribution in [3.05, 3.63) is 65.0 Å². The van der Waals surface area contributed by atoms with Crippen LogP contribution in [0.5, 0.6) is 11.5 Å². The fourth-order valence-electron chi connectivity index (χ4n) is 3.35. The van der Waals surface area contributed by atoms with Gasteiger partial charge in [0, 0.05) is 10.9 Å². The van der Waals surface area contributed by atoms with Crippen LogP contribution in [0.1, 0.15) is 10.4 Å². The van der Waals surface area contributed by atoms with E-state index < -0.39 is 11.9 Å². The maximum atomic E-state index is 12.9. The quantitative estimate of drug-likeness (QED) is 0.445. The molecule has 0 aliphatic carbocycles. The van der Waals surface area contributed by atoms with Crippen molar-refractivity contribution in [1.29, 1.82) is 0 Å². The van der Waals surface area contributed by atoms with Gasteiger partial charge in [0.15, 0.2) is 16.3 Å². The average Bonchev–Trinajstić information content (AvgIpc) is 3.15. The molecule has 0 atom stereocenters. The van der Waals surface area contributed by atoms with E-state index in [4.69, 9.17) is 14.2 Å². The predicted octanol–water partition coefficient (Wildman–Crippen LogP) is 3.79. The summed E-state index contributed by atoms with van der Waals surface area (Å²) in [4.78, 5) is 29.7. The largest absolute Gasteiger partial charge is 0.493 e. The zero-order chi connectivity index (χ0) is 22.0. The number of rotatable bonds is 5. The van der Waals surface area contributed by atoms with Crippen LogP contribution in [0.2, 0.25) is 0 Å². The molecule has 158 valence electrons. The Balaban J connectivity index is 1.90. The van der Waals surface area contributed by atoms with Crippen LogP contribution in [-0.2, 0) is 16.1 Å². The zero-order valence-electron chi connectivity index (χ0n) is 17.2. The molecule has 0 saturated carbocycles. The highest BCUT2D eigenvalue weighted by molar-refractivity contribution is 7.17. The van der Waals surface area contributed by atoms with Crippen molar-refractivity contribution in [2.45, 2.75) is 6.54 Å². The van der Waals surface area contributed by atoms with Gasteiger partial charge in [-0.05, 0) is 29.7 Å². The Morgan fingerprint density at radius 3 is 2.48 bits per heavy atom. The van der Waals surface area contributed by atoms with E-state index in [0.29, 0.717) is 21.9 Å². The molecule has 3 aromatic carbocycles. The van der Waals surface area contributed by atoms with E-state index in [1.807, 2.05) is 36.4 Å². The number of nitrogens with zero attached hydrogens (tertiary/aromatic N) is 2. The molecule has 1 heterocycles. The van der Waals surface area contributed by atoms with Crippen molar-refractivity contribution in [1.82, 2.24) is 4.57 Å². The standard InChI is InChI=1S/C23H20N2O5S/c1-28-18-11-9-15(12-19(18)29-2)22(27)24-23-25(13-20(26)30-3)17-10-8-14-6-4-5-7-16(14)21(17)31-23/h4-12H,13H2,1-3H3. The first kappa shape index (κ1) is 20.6. The Hall–Kier alpha value is -3.65. The summed E-state index contributed by atoms with van der Waals surface area (Å²) >= 11 is 1.36. The fraction of sp³-hybridized carbons (Fsp3) is 0.174. The summed E-state index contributed by atoms with van der Waals surface area (Å²) in [6.45, 7) is -0.0487. The Kier molecular flexibility index (Phi) is 5.73. The lowest BCUT2D eigenvalue weighted by molar-refractivity contribution is -0.141. The molecule has 0 fully saturated rings. The van der Waals surface area contributed by atoms with Crippen molar-refractivity contribution in [3.63, 3.8) is 0 Å². The molecule has 0 radical (unpaired) electrons. The zero-order valence-corrected chi connectivity index (χ0v) is 18.1. The summed E-state index contributed by atoms with van der Waals surface area (Å²) in [5.74, 6) is 0.0877. The van der Waals surface area contributed by atoms with Gasteiger partial charge in [0.05, 0.1) is 31.5 Å². The summed E-state index contributed by atoms with van der Waals surface area (Å²) in [5.41, 5.74) is 1.16. The van der Waals surface area contributed by atoms with Gasteiger partial charge in [-0.15, -0.1) is 0 Å².